The van der Waals surface area contributed by atoms with E-state index >= 15 is 0 Å². The number of aliphatic hydroxyl groups is 2. The van der Waals surface area contributed by atoms with Gasteiger partial charge in [-0.15, -0.1) is 0 Å². The van der Waals surface area contributed by atoms with Gasteiger partial charge in [-0.2, -0.15) is 5.26 Å². The molecule has 0 saturated carbocycles. The van der Waals surface area contributed by atoms with Gasteiger partial charge < -0.3 is 15.3 Å². The maximum Gasteiger partial charge on any atom is 0.307 e. The molecule has 0 aliphatic rings. The molecule has 0 heterocycles. The highest BCUT2D eigenvalue weighted by Gasteiger charge is 2.19. The number of hydrogen-bond acceptors (Lipinski definition) is 4. The minimum Gasteiger partial charge on any atom is -0.481 e. The number of nitrogens with zero attached hydrogens (tertiary/aromatic N) is 1. The van der Waals surface area contributed by atoms with Crippen LogP contribution in [0.2, 0.25) is 5.02 Å². The highest BCUT2D eigenvalue weighted by atomic mass is 35.5. The van der Waals surface area contributed by atoms with Gasteiger partial charge in [0.2, 0.25) is 0 Å². The molecule has 0 bridgehead atoms. The van der Waals surface area contributed by atoms with Crippen LogP contribution in [-0.4, -0.2) is 27.4 Å². The van der Waals surface area contributed by atoms with E-state index in [1.54, 1.807) is 6.07 Å². The van der Waals surface area contributed by atoms with Crippen molar-refractivity contribution in [3.05, 3.63) is 34.3 Å². The van der Waals surface area contributed by atoms with Crippen molar-refractivity contribution in [1.82, 2.24) is 0 Å². The van der Waals surface area contributed by atoms with Crippen LogP contribution in [0.15, 0.2) is 18.2 Å². The molecule has 0 saturated heterocycles. The molecule has 0 aliphatic heterocycles. The first-order chi connectivity index (χ1) is 8.45. The van der Waals surface area contributed by atoms with Gasteiger partial charge in [-0.1, -0.05) is 23.7 Å². The molecule has 0 amide bonds. The Bertz CT molecular complexity index is 483. The molecular formula is C12H12ClNO4. The fourth-order valence-corrected chi connectivity index (χ4v) is 1.69. The van der Waals surface area contributed by atoms with Crippen molar-refractivity contribution < 1.29 is 20.1 Å². The Morgan fingerprint density at radius 2 is 2.11 bits per heavy atom. The van der Waals surface area contributed by atoms with Gasteiger partial charge in [-0.05, 0) is 17.2 Å². The zero-order chi connectivity index (χ0) is 13.7. The largest absolute Gasteiger partial charge is 0.481 e. The topological polar surface area (TPSA) is 102 Å². The Morgan fingerprint density at radius 1 is 1.44 bits per heavy atom. The summed E-state index contributed by atoms with van der Waals surface area (Å²) in [6.07, 6.45) is -2.94. The summed E-state index contributed by atoms with van der Waals surface area (Å²) in [6.45, 7) is 0. The molecule has 2 unspecified atom stereocenters. The van der Waals surface area contributed by atoms with Crippen molar-refractivity contribution in [2.24, 2.45) is 0 Å². The van der Waals surface area contributed by atoms with Gasteiger partial charge in [0.25, 0.3) is 0 Å². The standard InChI is InChI=1S/C12H12ClNO4/c13-9-2-1-7(5-8(9)6-11(16)17)12(18)10(15)3-4-14/h1-2,5,10,12,15,18H,3,6H2,(H,16,17). The molecule has 0 aliphatic carbocycles. The number of rotatable bonds is 5. The SMILES string of the molecule is N#CCC(O)C(O)c1ccc(Cl)c(CC(=O)O)c1. The molecule has 0 radical (unpaired) electrons. The van der Waals surface area contributed by atoms with Crippen LogP contribution in [0.25, 0.3) is 0 Å². The van der Waals surface area contributed by atoms with E-state index in [1.165, 1.54) is 18.2 Å². The molecule has 0 spiro atoms. The van der Waals surface area contributed by atoms with Crippen molar-refractivity contribution in [2.45, 2.75) is 25.0 Å². The van der Waals surface area contributed by atoms with Crippen molar-refractivity contribution in [1.29, 1.82) is 5.26 Å². The van der Waals surface area contributed by atoms with Crippen LogP contribution in [0.4, 0.5) is 0 Å². The summed E-state index contributed by atoms with van der Waals surface area (Å²) < 4.78 is 0. The second kappa shape index (κ2) is 6.36. The van der Waals surface area contributed by atoms with Crippen molar-refractivity contribution in [3.8, 4) is 6.07 Å². The van der Waals surface area contributed by atoms with Gasteiger partial charge in [-0.25, -0.2) is 0 Å². The number of benzene rings is 1. The molecule has 3 N–H and O–H groups in total. The quantitative estimate of drug-likeness (QED) is 0.747. The average Bonchev–Trinajstić information content (AvgIpc) is 2.31. The van der Waals surface area contributed by atoms with Gasteiger partial charge in [0, 0.05) is 5.02 Å². The summed E-state index contributed by atoms with van der Waals surface area (Å²) >= 11 is 5.83. The van der Waals surface area contributed by atoms with E-state index in [9.17, 15) is 15.0 Å². The zero-order valence-electron chi connectivity index (χ0n) is 9.38. The van der Waals surface area contributed by atoms with Crippen molar-refractivity contribution >= 4 is 17.6 Å². The summed E-state index contributed by atoms with van der Waals surface area (Å²) in [6, 6.07) is 6.11. The van der Waals surface area contributed by atoms with E-state index in [0.29, 0.717) is 11.1 Å². The van der Waals surface area contributed by atoms with Crippen LogP contribution in [0, 0.1) is 11.3 Å². The van der Waals surface area contributed by atoms with Gasteiger partial charge in [0.15, 0.2) is 0 Å². The Hall–Kier alpha value is -1.61. The number of carbonyl (C=O) groups is 1. The lowest BCUT2D eigenvalue weighted by atomic mass is 9.99. The summed E-state index contributed by atoms with van der Waals surface area (Å²) in [5.74, 6) is -1.04. The van der Waals surface area contributed by atoms with Gasteiger partial charge >= 0.3 is 5.97 Å². The smallest absolute Gasteiger partial charge is 0.307 e. The Balaban J connectivity index is 2.97. The molecule has 1 aromatic carbocycles. The lowest BCUT2D eigenvalue weighted by Crippen LogP contribution is -2.17. The van der Waals surface area contributed by atoms with E-state index in [4.69, 9.17) is 22.0 Å². The lowest BCUT2D eigenvalue weighted by molar-refractivity contribution is -0.136. The third-order valence-corrected chi connectivity index (χ3v) is 2.79. The predicted molar refractivity (Wildman–Crippen MR) is 64.0 cm³/mol. The maximum absolute atomic E-state index is 10.6. The number of aliphatic hydroxyl groups excluding tert-OH is 2. The normalized spacial score (nSPS) is 13.7. The first-order valence-corrected chi connectivity index (χ1v) is 5.56. The molecule has 2 atom stereocenters. The van der Waals surface area contributed by atoms with Crippen molar-refractivity contribution in [3.63, 3.8) is 0 Å². The molecule has 0 fully saturated rings. The Labute approximate surface area is 109 Å². The molecule has 5 nitrogen and oxygen atoms in total. The van der Waals surface area contributed by atoms with Gasteiger partial charge in [0.05, 0.1) is 25.0 Å². The van der Waals surface area contributed by atoms with Crippen LogP contribution in [0.3, 0.4) is 0 Å². The highest BCUT2D eigenvalue weighted by Crippen LogP contribution is 2.24. The third-order valence-electron chi connectivity index (χ3n) is 2.42. The van der Waals surface area contributed by atoms with Crippen LogP contribution in [-0.2, 0) is 11.2 Å². The molecule has 0 aromatic heterocycles. The van der Waals surface area contributed by atoms with Crippen LogP contribution in [0.5, 0.6) is 0 Å². The van der Waals surface area contributed by atoms with Crippen LogP contribution < -0.4 is 0 Å². The molecule has 6 heteroatoms. The summed E-state index contributed by atoms with van der Waals surface area (Å²) in [5.41, 5.74) is 0.684. The van der Waals surface area contributed by atoms with E-state index in [0.717, 1.165) is 0 Å². The molecule has 96 valence electrons. The molecular weight excluding hydrogens is 258 g/mol. The number of nitriles is 1. The van der Waals surface area contributed by atoms with Gasteiger partial charge in [-0.3, -0.25) is 4.79 Å². The second-order valence-electron chi connectivity index (χ2n) is 3.80. The van der Waals surface area contributed by atoms with Crippen LogP contribution in [0.1, 0.15) is 23.7 Å². The zero-order valence-corrected chi connectivity index (χ0v) is 10.1. The molecule has 18 heavy (non-hydrogen) atoms. The fourth-order valence-electron chi connectivity index (χ4n) is 1.50. The first-order valence-electron chi connectivity index (χ1n) is 5.19. The summed E-state index contributed by atoms with van der Waals surface area (Å²) in [7, 11) is 0. The summed E-state index contributed by atoms with van der Waals surface area (Å²) in [4.78, 5) is 10.6. The molecule has 1 rings (SSSR count). The highest BCUT2D eigenvalue weighted by molar-refractivity contribution is 6.31. The van der Waals surface area contributed by atoms with Gasteiger partial charge in [0.1, 0.15) is 6.10 Å². The van der Waals surface area contributed by atoms with E-state index in [1.807, 2.05) is 0 Å². The lowest BCUT2D eigenvalue weighted by Gasteiger charge is -2.16. The minimum atomic E-state index is -1.24. The maximum atomic E-state index is 10.6. The summed E-state index contributed by atoms with van der Waals surface area (Å²) in [5, 5.41) is 36.7. The third kappa shape index (κ3) is 3.70. The Morgan fingerprint density at radius 3 is 2.67 bits per heavy atom. The fraction of sp³-hybridized carbons (Fsp3) is 0.333. The minimum absolute atomic E-state index is 0.210. The number of aliphatic carboxylic acids is 1. The monoisotopic (exact) mass is 269 g/mol. The van der Waals surface area contributed by atoms with E-state index in [-0.39, 0.29) is 17.9 Å². The second-order valence-corrected chi connectivity index (χ2v) is 4.20. The number of carboxylic acid groups (broad SMARTS) is 1. The van der Waals surface area contributed by atoms with E-state index in [2.05, 4.69) is 0 Å². The number of halogens is 1. The van der Waals surface area contributed by atoms with Crippen molar-refractivity contribution in [2.75, 3.05) is 0 Å². The average molecular weight is 270 g/mol. The predicted octanol–water partition coefficient (Wildman–Crippen LogP) is 1.28. The number of carboxylic acids is 1. The first kappa shape index (κ1) is 14.5. The van der Waals surface area contributed by atoms with E-state index < -0.39 is 18.2 Å². The van der Waals surface area contributed by atoms with Crippen LogP contribution >= 0.6 is 11.6 Å². The number of hydrogen-bond donors (Lipinski definition) is 3. The molecule has 1 aromatic rings. The Kier molecular flexibility index (Phi) is 5.10.